The molecule has 0 amide bonds. The van der Waals surface area contributed by atoms with Gasteiger partial charge in [-0.15, -0.1) is 0 Å². The van der Waals surface area contributed by atoms with Crippen LogP contribution in [0.3, 0.4) is 0 Å². The summed E-state index contributed by atoms with van der Waals surface area (Å²) in [5, 5.41) is 22.7. The molecule has 0 spiro atoms. The minimum atomic E-state index is -4.10. The smallest absolute Gasteiger partial charge is 0.258 e. The minimum absolute atomic E-state index is 0.0664. The van der Waals surface area contributed by atoms with Crippen LogP contribution in [-0.4, -0.2) is 18.3 Å². The lowest BCUT2D eigenvalue weighted by Crippen LogP contribution is -2.15. The third kappa shape index (κ3) is 4.81. The molecule has 2 unspecified atom stereocenters. The van der Waals surface area contributed by atoms with Crippen LogP contribution in [-0.2, 0) is 9.84 Å². The van der Waals surface area contributed by atoms with Crippen LogP contribution in [0.15, 0.2) is 36.4 Å². The van der Waals surface area contributed by atoms with Crippen molar-refractivity contribution >= 4 is 89.6 Å². The van der Waals surface area contributed by atoms with Crippen LogP contribution in [0.5, 0.6) is 0 Å². The van der Waals surface area contributed by atoms with Gasteiger partial charge in [-0.3, -0.25) is 20.2 Å². The van der Waals surface area contributed by atoms with E-state index < -0.39 is 37.6 Å². The largest absolute Gasteiger partial charge is 0.276 e. The topological polar surface area (TPSA) is 120 Å². The van der Waals surface area contributed by atoms with Crippen LogP contribution >= 0.6 is 68.4 Å². The highest BCUT2D eigenvalue weighted by Gasteiger charge is 2.39. The van der Waals surface area contributed by atoms with Gasteiger partial charge in [-0.1, -0.05) is 68.4 Å². The lowest BCUT2D eigenvalue weighted by Gasteiger charge is -2.17. The molecule has 8 nitrogen and oxygen atoms in total. The number of rotatable bonds is 6. The molecule has 0 aromatic heterocycles. The number of nitrogens with zero attached hydrogens (tertiary/aromatic N) is 2. The Bertz CT molecular complexity index is 959. The first-order valence-electron chi connectivity index (χ1n) is 6.85. The second-order valence-electron chi connectivity index (χ2n) is 5.14. The van der Waals surface area contributed by atoms with Crippen LogP contribution in [0.25, 0.3) is 0 Å². The number of sulfone groups is 1. The second kappa shape index (κ2) is 8.71. The highest BCUT2D eigenvalue weighted by molar-refractivity contribution is 14.1. The summed E-state index contributed by atoms with van der Waals surface area (Å²) in [6, 6.07) is 7.33. The summed E-state index contributed by atoms with van der Waals surface area (Å²) in [6.07, 6.45) is 0. The Balaban J connectivity index is 2.57. The zero-order chi connectivity index (χ0) is 20.5. The van der Waals surface area contributed by atoms with Crippen LogP contribution in [0.1, 0.15) is 17.6 Å². The Morgan fingerprint density at radius 2 is 1.15 bits per heavy atom. The van der Waals surface area contributed by atoms with E-state index in [2.05, 4.69) is 0 Å². The zero-order valence-corrected chi connectivity index (χ0v) is 19.5. The number of nitro benzene ring substituents is 2. The van der Waals surface area contributed by atoms with Crippen molar-refractivity contribution in [1.82, 2.24) is 0 Å². The maximum absolute atomic E-state index is 13.0. The highest BCUT2D eigenvalue weighted by Crippen LogP contribution is 2.47. The number of benzene rings is 2. The molecule has 0 fully saturated rings. The van der Waals surface area contributed by atoms with E-state index in [1.54, 1.807) is 45.2 Å². The lowest BCUT2D eigenvalue weighted by atomic mass is 10.2. The summed E-state index contributed by atoms with van der Waals surface area (Å²) >= 11 is 14.7. The molecule has 13 heteroatoms. The zero-order valence-electron chi connectivity index (χ0n) is 12.9. The third-order valence-electron chi connectivity index (χ3n) is 3.44. The fourth-order valence-electron chi connectivity index (χ4n) is 2.19. The van der Waals surface area contributed by atoms with Crippen molar-refractivity contribution in [2.24, 2.45) is 0 Å². The minimum Gasteiger partial charge on any atom is -0.258 e. The van der Waals surface area contributed by atoms with Crippen LogP contribution in [0.2, 0.25) is 10.0 Å². The average Bonchev–Trinajstić information content (AvgIpc) is 2.60. The molecule has 27 heavy (non-hydrogen) atoms. The summed E-state index contributed by atoms with van der Waals surface area (Å²) in [5.74, 6) is 0. The number of hydrogen-bond acceptors (Lipinski definition) is 6. The monoisotopic (exact) mass is 656 g/mol. The first-order chi connectivity index (χ1) is 12.5. The van der Waals surface area contributed by atoms with Crippen molar-refractivity contribution in [2.45, 2.75) is 6.51 Å². The lowest BCUT2D eigenvalue weighted by molar-refractivity contribution is -0.385. The number of nitro groups is 2. The molecule has 0 heterocycles. The van der Waals surface area contributed by atoms with Gasteiger partial charge in [0.2, 0.25) is 0 Å². The van der Waals surface area contributed by atoms with Gasteiger partial charge >= 0.3 is 0 Å². The van der Waals surface area contributed by atoms with Crippen LogP contribution in [0.4, 0.5) is 11.4 Å². The molecule has 0 N–H and O–H groups in total. The van der Waals surface area contributed by atoms with Gasteiger partial charge in [-0.05, 0) is 24.3 Å². The number of hydrogen-bond donors (Lipinski definition) is 0. The van der Waals surface area contributed by atoms with E-state index in [9.17, 15) is 28.6 Å². The Hall–Kier alpha value is -0.770. The van der Waals surface area contributed by atoms with Crippen LogP contribution < -0.4 is 0 Å². The van der Waals surface area contributed by atoms with Crippen molar-refractivity contribution in [3.8, 4) is 0 Å². The fourth-order valence-corrected chi connectivity index (χ4v) is 8.34. The molecule has 0 bridgehead atoms. The van der Waals surface area contributed by atoms with E-state index in [-0.39, 0.29) is 21.2 Å². The van der Waals surface area contributed by atoms with Crippen molar-refractivity contribution in [3.63, 3.8) is 0 Å². The molecule has 2 atom stereocenters. The van der Waals surface area contributed by atoms with E-state index in [0.29, 0.717) is 0 Å². The van der Waals surface area contributed by atoms with Gasteiger partial charge in [0.25, 0.3) is 11.4 Å². The van der Waals surface area contributed by atoms with Gasteiger partial charge in [0.1, 0.15) is 6.51 Å². The molecule has 0 aliphatic heterocycles. The molecule has 0 aliphatic carbocycles. The van der Waals surface area contributed by atoms with Crippen molar-refractivity contribution in [3.05, 3.63) is 77.8 Å². The Labute approximate surface area is 190 Å². The van der Waals surface area contributed by atoms with Gasteiger partial charge in [0.05, 0.1) is 21.0 Å². The standard InChI is InChI=1S/C14H8Cl2I2N2O6S/c15-7-1-3-9(11(5-7)19(21)22)13(17)27(25,26)14(18)10-4-2-8(16)6-12(10)20(23)24/h1-6,13-14H. The van der Waals surface area contributed by atoms with E-state index in [4.69, 9.17) is 23.2 Å². The molecule has 0 aliphatic rings. The Kier molecular flexibility index (Phi) is 7.27. The van der Waals surface area contributed by atoms with Gasteiger partial charge in [0.15, 0.2) is 9.84 Å². The molecule has 2 rings (SSSR count). The summed E-state index contributed by atoms with van der Waals surface area (Å²) < 4.78 is 23.4. The SMILES string of the molecule is O=[N+]([O-])c1cc(Cl)ccc1C(I)S(=O)(=O)C(I)c1ccc(Cl)cc1[N+](=O)[O-]. The van der Waals surface area contributed by atoms with E-state index >= 15 is 0 Å². The summed E-state index contributed by atoms with van der Waals surface area (Å²) in [4.78, 5) is 21.1. The number of halogens is 4. The van der Waals surface area contributed by atoms with Gasteiger partial charge in [-0.2, -0.15) is 0 Å². The molecule has 0 saturated carbocycles. The second-order valence-corrected chi connectivity index (χ2v) is 12.3. The van der Waals surface area contributed by atoms with Gasteiger partial charge in [-0.25, -0.2) is 8.42 Å². The van der Waals surface area contributed by atoms with Gasteiger partial charge < -0.3 is 0 Å². The van der Waals surface area contributed by atoms with Crippen molar-refractivity contribution in [2.75, 3.05) is 0 Å². The normalized spacial score (nSPS) is 13.8. The summed E-state index contributed by atoms with van der Waals surface area (Å²) in [6.45, 7) is 0. The molecular formula is C14H8Cl2I2N2O6S. The average molecular weight is 657 g/mol. The molecule has 144 valence electrons. The quantitative estimate of drug-likeness (QED) is 0.168. The molecular weight excluding hydrogens is 649 g/mol. The third-order valence-corrected chi connectivity index (χ3v) is 11.2. The van der Waals surface area contributed by atoms with E-state index in [1.165, 1.54) is 24.3 Å². The maximum atomic E-state index is 13.0. The maximum Gasteiger partial charge on any atom is 0.276 e. The van der Waals surface area contributed by atoms with Crippen molar-refractivity contribution in [1.29, 1.82) is 0 Å². The molecule has 0 saturated heterocycles. The van der Waals surface area contributed by atoms with Crippen molar-refractivity contribution < 1.29 is 18.3 Å². The Morgan fingerprint density at radius 1 is 0.815 bits per heavy atom. The molecule has 2 aromatic carbocycles. The Morgan fingerprint density at radius 3 is 1.44 bits per heavy atom. The molecule has 2 aromatic rings. The fraction of sp³-hybridized carbons (Fsp3) is 0.143. The molecule has 0 radical (unpaired) electrons. The first-order valence-corrected chi connectivity index (χ1v) is 11.7. The summed E-state index contributed by atoms with van der Waals surface area (Å²) in [7, 11) is -4.10. The van der Waals surface area contributed by atoms with Crippen LogP contribution in [0, 0.1) is 20.2 Å². The highest BCUT2D eigenvalue weighted by atomic mass is 127. The van der Waals surface area contributed by atoms with E-state index in [1.807, 2.05) is 0 Å². The predicted molar refractivity (Wildman–Crippen MR) is 119 cm³/mol. The summed E-state index contributed by atoms with van der Waals surface area (Å²) in [5.41, 5.74) is -1.02. The van der Waals surface area contributed by atoms with E-state index in [0.717, 1.165) is 12.1 Å². The first kappa shape index (κ1) is 22.5. The van der Waals surface area contributed by atoms with Gasteiger partial charge in [0, 0.05) is 22.2 Å². The number of alkyl halides is 2. The predicted octanol–water partition coefficient (Wildman–Crippen LogP) is 5.79.